The van der Waals surface area contributed by atoms with Crippen molar-refractivity contribution in [3.63, 3.8) is 0 Å². The molecule has 29 heavy (non-hydrogen) atoms. The highest BCUT2D eigenvalue weighted by atomic mass is 32.2. The van der Waals surface area contributed by atoms with E-state index in [2.05, 4.69) is 25.2 Å². The number of carbonyl (C=O) groups is 1. The Morgan fingerprint density at radius 3 is 2.45 bits per heavy atom. The van der Waals surface area contributed by atoms with Crippen molar-refractivity contribution in [3.05, 3.63) is 47.2 Å². The first kappa shape index (κ1) is 20.1. The molecular weight excluding hydrogens is 386 g/mol. The highest BCUT2D eigenvalue weighted by Crippen LogP contribution is 2.52. The third-order valence-corrected chi connectivity index (χ3v) is 7.73. The Morgan fingerprint density at radius 1 is 1.14 bits per heavy atom. The maximum atomic E-state index is 13.5. The van der Waals surface area contributed by atoms with Gasteiger partial charge in [-0.05, 0) is 43.1 Å². The Bertz CT molecular complexity index is 1020. The van der Waals surface area contributed by atoms with E-state index in [-0.39, 0.29) is 28.5 Å². The zero-order chi connectivity index (χ0) is 21.2. The first-order chi connectivity index (χ1) is 13.4. The van der Waals surface area contributed by atoms with Gasteiger partial charge in [0.05, 0.1) is 5.71 Å². The van der Waals surface area contributed by atoms with E-state index < -0.39 is 10.2 Å². The Kier molecular flexibility index (Phi) is 4.46. The second-order valence-corrected chi connectivity index (χ2v) is 11.6. The quantitative estimate of drug-likeness (QED) is 0.744. The molecule has 0 aromatic heterocycles. The Hall–Kier alpha value is -2.15. The van der Waals surface area contributed by atoms with Crippen LogP contribution >= 0.6 is 0 Å². The number of likely N-dealkylation sites (N-methyl/N-ethyl adjacent to an activating group) is 1. The number of hydrogen-bond donors (Lipinski definition) is 0. The summed E-state index contributed by atoms with van der Waals surface area (Å²) in [5.74, 6) is -0.220. The van der Waals surface area contributed by atoms with Crippen LogP contribution in [-0.2, 0) is 15.0 Å². The molecule has 2 unspecified atom stereocenters. The lowest BCUT2D eigenvalue weighted by molar-refractivity contribution is -0.129. The molecule has 0 spiro atoms. The van der Waals surface area contributed by atoms with E-state index in [1.54, 1.807) is 6.08 Å². The van der Waals surface area contributed by atoms with Gasteiger partial charge in [-0.15, -0.1) is 4.40 Å². The highest BCUT2D eigenvalue weighted by Gasteiger charge is 2.52. The number of benzene rings is 1. The molecule has 2 aliphatic heterocycles. The van der Waals surface area contributed by atoms with Gasteiger partial charge < -0.3 is 4.90 Å². The molecule has 1 saturated heterocycles. The van der Waals surface area contributed by atoms with Gasteiger partial charge in [0.25, 0.3) is 5.91 Å². The minimum atomic E-state index is -3.95. The standard InChI is InChI=1S/C22H29N3O3S/c1-15-6-8-16(9-7-15)18-10-19(24(5)29(27,28)23-18)20(26)25-14-22(4)12-17(25)11-21(2,3)13-22/h6-10,17H,11-14H2,1-5H3. The molecule has 2 atom stereocenters. The van der Waals surface area contributed by atoms with Crippen LogP contribution in [0.5, 0.6) is 0 Å². The third kappa shape index (κ3) is 3.61. The molecular formula is C22H29N3O3S. The second-order valence-electron chi connectivity index (χ2n) is 9.96. The predicted octanol–water partition coefficient (Wildman–Crippen LogP) is 3.29. The lowest BCUT2D eigenvalue weighted by Gasteiger charge is -2.39. The average molecular weight is 416 g/mol. The summed E-state index contributed by atoms with van der Waals surface area (Å²) >= 11 is 0. The van der Waals surface area contributed by atoms with E-state index in [1.807, 2.05) is 36.1 Å². The van der Waals surface area contributed by atoms with Crippen molar-refractivity contribution in [3.8, 4) is 0 Å². The fourth-order valence-corrected chi connectivity index (χ4v) is 6.37. The summed E-state index contributed by atoms with van der Waals surface area (Å²) in [7, 11) is -2.54. The molecule has 0 radical (unpaired) electrons. The first-order valence-corrected chi connectivity index (χ1v) is 11.5. The molecule has 6 nitrogen and oxygen atoms in total. The third-order valence-electron chi connectivity index (χ3n) is 6.41. The van der Waals surface area contributed by atoms with E-state index in [0.717, 1.165) is 29.1 Å². The average Bonchev–Trinajstić information content (AvgIpc) is 2.86. The fourth-order valence-electron chi connectivity index (χ4n) is 5.46. The van der Waals surface area contributed by atoms with E-state index in [0.29, 0.717) is 17.8 Å². The number of likely N-dealkylation sites (tertiary alicyclic amines) is 1. The zero-order valence-electron chi connectivity index (χ0n) is 17.8. The van der Waals surface area contributed by atoms with Crippen LogP contribution in [0.25, 0.3) is 0 Å². The molecule has 2 bridgehead atoms. The van der Waals surface area contributed by atoms with Gasteiger partial charge in [0, 0.05) is 25.2 Å². The van der Waals surface area contributed by atoms with Gasteiger partial charge in [-0.3, -0.25) is 4.79 Å². The maximum absolute atomic E-state index is 13.5. The summed E-state index contributed by atoms with van der Waals surface area (Å²) in [6, 6.07) is 7.63. The molecule has 1 aromatic carbocycles. The van der Waals surface area contributed by atoms with Crippen molar-refractivity contribution in [1.82, 2.24) is 9.21 Å². The lowest BCUT2D eigenvalue weighted by atomic mass is 9.65. The van der Waals surface area contributed by atoms with Crippen molar-refractivity contribution in [2.45, 2.75) is 53.0 Å². The van der Waals surface area contributed by atoms with Crippen LogP contribution < -0.4 is 0 Å². The van der Waals surface area contributed by atoms with Crippen LogP contribution in [0.15, 0.2) is 40.4 Å². The van der Waals surface area contributed by atoms with Crippen LogP contribution in [0.3, 0.4) is 0 Å². The van der Waals surface area contributed by atoms with Gasteiger partial charge in [0.1, 0.15) is 5.70 Å². The Morgan fingerprint density at radius 2 is 1.79 bits per heavy atom. The summed E-state index contributed by atoms with van der Waals surface area (Å²) in [6.45, 7) is 9.38. The molecule has 156 valence electrons. The summed E-state index contributed by atoms with van der Waals surface area (Å²) in [6.07, 6.45) is 4.61. The van der Waals surface area contributed by atoms with Crippen molar-refractivity contribution >= 4 is 21.8 Å². The number of nitrogens with zero attached hydrogens (tertiary/aromatic N) is 3. The van der Waals surface area contributed by atoms with Crippen LogP contribution in [-0.4, -0.2) is 48.9 Å². The molecule has 1 amide bonds. The van der Waals surface area contributed by atoms with Crippen LogP contribution in [0.2, 0.25) is 0 Å². The molecule has 1 saturated carbocycles. The maximum Gasteiger partial charge on any atom is 0.345 e. The van der Waals surface area contributed by atoms with Crippen LogP contribution in [0.4, 0.5) is 0 Å². The Balaban J connectivity index is 1.70. The molecule has 4 rings (SSSR count). The van der Waals surface area contributed by atoms with E-state index in [1.165, 1.54) is 7.05 Å². The number of aryl methyl sites for hydroxylation is 1. The van der Waals surface area contributed by atoms with Gasteiger partial charge >= 0.3 is 10.2 Å². The van der Waals surface area contributed by atoms with Crippen molar-refractivity contribution < 1.29 is 13.2 Å². The van der Waals surface area contributed by atoms with Gasteiger partial charge in [-0.1, -0.05) is 50.6 Å². The molecule has 1 aromatic rings. The van der Waals surface area contributed by atoms with Crippen molar-refractivity contribution in [1.29, 1.82) is 0 Å². The van der Waals surface area contributed by atoms with Gasteiger partial charge in [0.15, 0.2) is 0 Å². The Labute approximate surface area is 173 Å². The lowest BCUT2D eigenvalue weighted by Crippen LogP contribution is -2.43. The summed E-state index contributed by atoms with van der Waals surface area (Å²) in [5, 5.41) is 0. The normalized spacial score (nSPS) is 30.0. The summed E-state index contributed by atoms with van der Waals surface area (Å²) in [5.41, 5.74) is 2.50. The van der Waals surface area contributed by atoms with Crippen LogP contribution in [0.1, 0.15) is 51.2 Å². The minimum absolute atomic E-state index is 0.0859. The van der Waals surface area contributed by atoms with Gasteiger partial charge in [-0.2, -0.15) is 8.42 Å². The molecule has 2 heterocycles. The number of fused-ring (bicyclic) bond motifs is 2. The second kappa shape index (κ2) is 6.42. The topological polar surface area (TPSA) is 70.0 Å². The smallest absolute Gasteiger partial charge is 0.334 e. The van der Waals surface area contributed by atoms with Gasteiger partial charge in [0.2, 0.25) is 0 Å². The molecule has 2 fully saturated rings. The monoisotopic (exact) mass is 415 g/mol. The zero-order valence-corrected chi connectivity index (χ0v) is 18.6. The number of hydrogen-bond acceptors (Lipinski definition) is 3. The SMILES string of the molecule is Cc1ccc(C2=NS(=O)(=O)N(C)C(C(=O)N3CC4(C)CC3CC(C)(C)C4)=C2)cc1. The van der Waals surface area contributed by atoms with Crippen molar-refractivity contribution in [2.75, 3.05) is 13.6 Å². The largest absolute Gasteiger partial charge is 0.345 e. The fraction of sp³-hybridized carbons (Fsp3) is 0.545. The predicted molar refractivity (Wildman–Crippen MR) is 114 cm³/mol. The minimum Gasteiger partial charge on any atom is -0.334 e. The summed E-state index contributed by atoms with van der Waals surface area (Å²) < 4.78 is 30.3. The van der Waals surface area contributed by atoms with Gasteiger partial charge in [-0.25, -0.2) is 4.31 Å². The highest BCUT2D eigenvalue weighted by molar-refractivity contribution is 7.88. The number of amides is 1. The first-order valence-electron chi connectivity index (χ1n) is 10.1. The van der Waals surface area contributed by atoms with E-state index >= 15 is 0 Å². The van der Waals surface area contributed by atoms with E-state index in [9.17, 15) is 13.2 Å². The number of allylic oxidation sites excluding steroid dienone is 1. The molecule has 1 aliphatic carbocycles. The van der Waals surface area contributed by atoms with Crippen molar-refractivity contribution in [2.24, 2.45) is 15.2 Å². The molecule has 0 N–H and O–H groups in total. The molecule has 7 heteroatoms. The number of carbonyl (C=O) groups excluding carboxylic acids is 1. The van der Waals surface area contributed by atoms with E-state index in [4.69, 9.17) is 0 Å². The molecule has 3 aliphatic rings. The number of rotatable bonds is 2. The van der Waals surface area contributed by atoms with Crippen LogP contribution in [0, 0.1) is 17.8 Å². The summed E-state index contributed by atoms with van der Waals surface area (Å²) in [4.78, 5) is 15.4.